The van der Waals surface area contributed by atoms with Crippen LogP contribution in [0.1, 0.15) is 12.6 Å². The van der Waals surface area contributed by atoms with Crippen molar-refractivity contribution in [2.45, 2.75) is 31.3 Å². The van der Waals surface area contributed by atoms with Crippen LogP contribution in [0.25, 0.3) is 0 Å². The molecule has 0 saturated carbocycles. The molecule has 0 spiro atoms. The van der Waals surface area contributed by atoms with Gasteiger partial charge in [0.05, 0.1) is 18.4 Å². The Kier molecular flexibility index (Phi) is 3.48. The maximum atomic E-state index is 12.1. The SMILES string of the molecule is Cc1[nH]ncc1S(=O)(=O)NC(C)Cn1cccn1. The van der Waals surface area contributed by atoms with E-state index < -0.39 is 10.0 Å². The first kappa shape index (κ1) is 12.8. The maximum Gasteiger partial charge on any atom is 0.244 e. The van der Waals surface area contributed by atoms with Crippen LogP contribution in [0, 0.1) is 6.92 Å². The molecule has 8 heteroatoms. The molecule has 2 aromatic rings. The predicted octanol–water partition coefficient (Wildman–Crippen LogP) is 0.282. The smallest absolute Gasteiger partial charge is 0.244 e. The van der Waals surface area contributed by atoms with Crippen molar-refractivity contribution >= 4 is 10.0 Å². The predicted molar refractivity (Wildman–Crippen MR) is 65.3 cm³/mol. The number of H-pyrrole nitrogens is 1. The summed E-state index contributed by atoms with van der Waals surface area (Å²) in [6.07, 6.45) is 4.74. The topological polar surface area (TPSA) is 92.7 Å². The Balaban J connectivity index is 2.07. The number of aryl methyl sites for hydroxylation is 1. The molecule has 0 aromatic carbocycles. The summed E-state index contributed by atoms with van der Waals surface area (Å²) in [5.41, 5.74) is 0.522. The normalized spacial score (nSPS) is 13.7. The Morgan fingerprint density at radius 2 is 2.33 bits per heavy atom. The van der Waals surface area contributed by atoms with Crippen LogP contribution in [0.2, 0.25) is 0 Å². The quantitative estimate of drug-likeness (QED) is 0.815. The van der Waals surface area contributed by atoms with Crippen molar-refractivity contribution in [2.24, 2.45) is 0 Å². The van der Waals surface area contributed by atoms with Gasteiger partial charge >= 0.3 is 0 Å². The highest BCUT2D eigenvalue weighted by Gasteiger charge is 2.21. The van der Waals surface area contributed by atoms with E-state index in [1.807, 2.05) is 0 Å². The van der Waals surface area contributed by atoms with Gasteiger partial charge in [-0.2, -0.15) is 10.2 Å². The van der Waals surface area contributed by atoms with Crippen LogP contribution < -0.4 is 4.72 Å². The summed E-state index contributed by atoms with van der Waals surface area (Å²) in [7, 11) is -3.53. The van der Waals surface area contributed by atoms with Crippen molar-refractivity contribution in [1.82, 2.24) is 24.7 Å². The van der Waals surface area contributed by atoms with E-state index in [0.29, 0.717) is 12.2 Å². The standard InChI is InChI=1S/C10H15N5O2S/c1-8(7-15-5-3-4-12-15)14-18(16,17)10-6-11-13-9(10)2/h3-6,8,14H,7H2,1-2H3,(H,11,13). The van der Waals surface area contributed by atoms with E-state index in [1.165, 1.54) is 6.20 Å². The van der Waals surface area contributed by atoms with Crippen LogP contribution in [0.4, 0.5) is 0 Å². The van der Waals surface area contributed by atoms with Gasteiger partial charge in [0.15, 0.2) is 0 Å². The fourth-order valence-corrected chi connectivity index (χ4v) is 3.04. The number of nitrogens with one attached hydrogen (secondary N) is 2. The Morgan fingerprint density at radius 3 is 2.89 bits per heavy atom. The highest BCUT2D eigenvalue weighted by molar-refractivity contribution is 7.89. The number of aromatic amines is 1. The van der Waals surface area contributed by atoms with E-state index in [9.17, 15) is 8.42 Å². The first-order chi connectivity index (χ1) is 8.49. The van der Waals surface area contributed by atoms with Gasteiger partial charge in [0, 0.05) is 18.4 Å². The van der Waals surface area contributed by atoms with E-state index in [4.69, 9.17) is 0 Å². The van der Waals surface area contributed by atoms with Crippen LogP contribution in [0.5, 0.6) is 0 Å². The summed E-state index contributed by atoms with van der Waals surface area (Å²) in [6, 6.07) is 1.53. The molecule has 98 valence electrons. The average molecular weight is 269 g/mol. The highest BCUT2D eigenvalue weighted by atomic mass is 32.2. The van der Waals surface area contributed by atoms with E-state index in [-0.39, 0.29) is 10.9 Å². The lowest BCUT2D eigenvalue weighted by atomic mass is 10.4. The average Bonchev–Trinajstić information content (AvgIpc) is 2.88. The Hall–Kier alpha value is -1.67. The van der Waals surface area contributed by atoms with Crippen molar-refractivity contribution < 1.29 is 8.42 Å². The molecule has 0 amide bonds. The van der Waals surface area contributed by atoms with E-state index in [2.05, 4.69) is 20.0 Å². The highest BCUT2D eigenvalue weighted by Crippen LogP contribution is 2.11. The van der Waals surface area contributed by atoms with Gasteiger partial charge in [0.1, 0.15) is 4.90 Å². The zero-order chi connectivity index (χ0) is 13.2. The summed E-state index contributed by atoms with van der Waals surface area (Å²) < 4.78 is 28.4. The fourth-order valence-electron chi connectivity index (χ4n) is 1.67. The molecule has 0 bridgehead atoms. The minimum atomic E-state index is -3.53. The lowest BCUT2D eigenvalue weighted by molar-refractivity contribution is 0.493. The summed E-state index contributed by atoms with van der Waals surface area (Å²) in [6.45, 7) is 3.93. The molecule has 18 heavy (non-hydrogen) atoms. The lowest BCUT2D eigenvalue weighted by Gasteiger charge is -2.13. The first-order valence-corrected chi connectivity index (χ1v) is 6.97. The van der Waals surface area contributed by atoms with Crippen molar-refractivity contribution in [3.63, 3.8) is 0 Å². The molecule has 0 aliphatic rings. The third kappa shape index (κ3) is 2.77. The van der Waals surface area contributed by atoms with E-state index in [1.54, 1.807) is 37.0 Å². The molecule has 1 atom stereocenters. The van der Waals surface area contributed by atoms with Crippen LogP contribution >= 0.6 is 0 Å². The van der Waals surface area contributed by atoms with Gasteiger partial charge in [-0.05, 0) is 19.9 Å². The molecule has 7 nitrogen and oxygen atoms in total. The minimum absolute atomic E-state index is 0.176. The molecule has 2 aromatic heterocycles. The number of hydrogen-bond donors (Lipinski definition) is 2. The molecular weight excluding hydrogens is 254 g/mol. The first-order valence-electron chi connectivity index (χ1n) is 5.49. The van der Waals surface area contributed by atoms with Crippen LogP contribution in [0.3, 0.4) is 0 Å². The zero-order valence-corrected chi connectivity index (χ0v) is 11.0. The monoisotopic (exact) mass is 269 g/mol. The van der Waals surface area contributed by atoms with Crippen molar-refractivity contribution in [3.05, 3.63) is 30.4 Å². The second kappa shape index (κ2) is 4.91. The second-order valence-corrected chi connectivity index (χ2v) is 5.79. The van der Waals surface area contributed by atoms with Crippen LogP contribution in [-0.4, -0.2) is 34.4 Å². The second-order valence-electron chi connectivity index (χ2n) is 4.11. The molecule has 0 fully saturated rings. The Labute approximate surface area is 105 Å². The third-order valence-electron chi connectivity index (χ3n) is 2.45. The molecule has 0 saturated heterocycles. The van der Waals surface area contributed by atoms with Crippen molar-refractivity contribution in [2.75, 3.05) is 0 Å². The molecular formula is C10H15N5O2S. The van der Waals surface area contributed by atoms with Gasteiger partial charge in [-0.25, -0.2) is 13.1 Å². The summed E-state index contributed by atoms with van der Waals surface area (Å²) >= 11 is 0. The molecule has 2 heterocycles. The molecule has 2 rings (SSSR count). The van der Waals surface area contributed by atoms with Crippen molar-refractivity contribution in [3.8, 4) is 0 Å². The molecule has 0 aliphatic carbocycles. The Morgan fingerprint density at radius 1 is 1.56 bits per heavy atom. The number of rotatable bonds is 5. The molecule has 0 radical (unpaired) electrons. The number of hydrogen-bond acceptors (Lipinski definition) is 4. The van der Waals surface area contributed by atoms with Crippen LogP contribution in [0.15, 0.2) is 29.6 Å². The maximum absolute atomic E-state index is 12.1. The Bertz CT molecular complexity index is 602. The number of sulfonamides is 1. The van der Waals surface area contributed by atoms with Gasteiger partial charge in [0.25, 0.3) is 0 Å². The number of nitrogens with zero attached hydrogens (tertiary/aromatic N) is 3. The van der Waals surface area contributed by atoms with Gasteiger partial charge in [0.2, 0.25) is 10.0 Å². The van der Waals surface area contributed by atoms with Gasteiger partial charge in [-0.1, -0.05) is 0 Å². The molecule has 1 unspecified atom stereocenters. The van der Waals surface area contributed by atoms with Gasteiger partial charge < -0.3 is 0 Å². The summed E-state index contributed by atoms with van der Waals surface area (Å²) in [5, 5.41) is 10.3. The van der Waals surface area contributed by atoms with E-state index >= 15 is 0 Å². The van der Waals surface area contributed by atoms with Gasteiger partial charge in [-0.15, -0.1) is 0 Å². The van der Waals surface area contributed by atoms with E-state index in [0.717, 1.165) is 0 Å². The van der Waals surface area contributed by atoms with Gasteiger partial charge in [-0.3, -0.25) is 9.78 Å². The molecule has 2 N–H and O–H groups in total. The van der Waals surface area contributed by atoms with Crippen LogP contribution in [-0.2, 0) is 16.6 Å². The van der Waals surface area contributed by atoms with Crippen molar-refractivity contribution in [1.29, 1.82) is 0 Å². The largest absolute Gasteiger partial charge is 0.281 e. The minimum Gasteiger partial charge on any atom is -0.281 e. The third-order valence-corrected chi connectivity index (χ3v) is 4.15. The zero-order valence-electron chi connectivity index (χ0n) is 10.2. The lowest BCUT2D eigenvalue weighted by Crippen LogP contribution is -2.35. The summed E-state index contributed by atoms with van der Waals surface area (Å²) in [5.74, 6) is 0. The molecule has 0 aliphatic heterocycles. The summed E-state index contributed by atoms with van der Waals surface area (Å²) in [4.78, 5) is 0.176. The number of aromatic nitrogens is 4. The fraction of sp³-hybridized carbons (Fsp3) is 0.400.